The largest absolute Gasteiger partial charge is 0.467 e. The number of carbonyl (C=O) groups is 3. The van der Waals surface area contributed by atoms with E-state index in [1.54, 1.807) is 24.6 Å². The predicted octanol–water partition coefficient (Wildman–Crippen LogP) is 3.26. The quantitative estimate of drug-likeness (QED) is 0.469. The van der Waals surface area contributed by atoms with Crippen LogP contribution < -0.4 is 5.32 Å². The fourth-order valence-electron chi connectivity index (χ4n) is 3.56. The third-order valence-electron chi connectivity index (χ3n) is 5.30. The summed E-state index contributed by atoms with van der Waals surface area (Å²) >= 11 is 6.24. The normalized spacial score (nSPS) is 11.5. The molecule has 1 aromatic heterocycles. The number of carbonyl (C=O) groups excluding carboxylic acids is 3. The first-order chi connectivity index (χ1) is 16.3. The maximum atomic E-state index is 12.7. The summed E-state index contributed by atoms with van der Waals surface area (Å²) in [7, 11) is 1.25. The van der Waals surface area contributed by atoms with E-state index < -0.39 is 30.5 Å². The number of nitrogens with zero attached hydrogens (tertiary/aromatic N) is 2. The van der Waals surface area contributed by atoms with E-state index in [0.717, 1.165) is 11.1 Å². The van der Waals surface area contributed by atoms with Gasteiger partial charge in [-0.2, -0.15) is 5.10 Å². The highest BCUT2D eigenvalue weighted by atomic mass is 35.5. The zero-order chi connectivity index (χ0) is 24.7. The summed E-state index contributed by atoms with van der Waals surface area (Å²) in [5, 5.41) is 7.59. The fraction of sp³-hybridized carbons (Fsp3) is 0.280. The van der Waals surface area contributed by atoms with Crippen molar-refractivity contribution >= 4 is 29.4 Å². The summed E-state index contributed by atoms with van der Waals surface area (Å²) < 4.78 is 11.7. The molecule has 0 radical (unpaired) electrons. The summed E-state index contributed by atoms with van der Waals surface area (Å²) in [6.45, 7) is 3.29. The number of aromatic nitrogens is 2. The minimum absolute atomic E-state index is 0.250. The number of ether oxygens (including phenoxy) is 2. The van der Waals surface area contributed by atoms with E-state index in [2.05, 4.69) is 10.4 Å². The van der Waals surface area contributed by atoms with Gasteiger partial charge in [-0.3, -0.25) is 9.48 Å². The van der Waals surface area contributed by atoms with Gasteiger partial charge in [0.1, 0.15) is 11.6 Å². The molecule has 0 aliphatic rings. The van der Waals surface area contributed by atoms with Crippen LogP contribution in [0.2, 0.25) is 5.02 Å². The Morgan fingerprint density at radius 2 is 1.74 bits per heavy atom. The molecule has 0 saturated carbocycles. The number of halogens is 1. The van der Waals surface area contributed by atoms with E-state index in [-0.39, 0.29) is 12.0 Å². The standard InChI is InChI=1S/C25H26ClN3O5/c1-16-23(17(2)29(28-16)14-19-11-7-8-12-20(19)26)25(32)34-15-22(30)27-21(24(31)33-3)13-18-9-5-4-6-10-18/h4-12,21H,13-15H2,1-3H3,(H,27,30). The molecule has 1 N–H and O–H groups in total. The maximum Gasteiger partial charge on any atom is 0.342 e. The molecule has 0 saturated heterocycles. The molecule has 1 amide bonds. The SMILES string of the molecule is COC(=O)C(Cc1ccccc1)NC(=O)COC(=O)c1c(C)nn(Cc2ccccc2Cl)c1C. The van der Waals surface area contributed by atoms with Crippen molar-refractivity contribution in [3.8, 4) is 0 Å². The second-order valence-electron chi connectivity index (χ2n) is 7.70. The monoisotopic (exact) mass is 483 g/mol. The summed E-state index contributed by atoms with van der Waals surface area (Å²) in [5.74, 6) is -1.87. The van der Waals surface area contributed by atoms with Crippen LogP contribution in [0.5, 0.6) is 0 Å². The number of aryl methyl sites for hydroxylation is 1. The predicted molar refractivity (Wildman–Crippen MR) is 127 cm³/mol. The first kappa shape index (κ1) is 25.0. The molecule has 9 heteroatoms. The average molecular weight is 484 g/mol. The van der Waals surface area contributed by atoms with Gasteiger partial charge in [-0.05, 0) is 31.0 Å². The molecular weight excluding hydrogens is 458 g/mol. The van der Waals surface area contributed by atoms with E-state index in [1.807, 2.05) is 48.5 Å². The van der Waals surface area contributed by atoms with Crippen molar-refractivity contribution in [2.24, 2.45) is 0 Å². The van der Waals surface area contributed by atoms with Crippen LogP contribution >= 0.6 is 11.6 Å². The lowest BCUT2D eigenvalue weighted by atomic mass is 10.1. The van der Waals surface area contributed by atoms with Crippen LogP contribution in [0.4, 0.5) is 0 Å². The van der Waals surface area contributed by atoms with Crippen LogP contribution in [0.1, 0.15) is 32.9 Å². The van der Waals surface area contributed by atoms with Crippen molar-refractivity contribution in [3.63, 3.8) is 0 Å². The molecule has 1 unspecified atom stereocenters. The minimum Gasteiger partial charge on any atom is -0.467 e. The van der Waals surface area contributed by atoms with E-state index in [9.17, 15) is 14.4 Å². The second-order valence-corrected chi connectivity index (χ2v) is 8.11. The van der Waals surface area contributed by atoms with E-state index >= 15 is 0 Å². The van der Waals surface area contributed by atoms with Gasteiger partial charge in [-0.1, -0.05) is 60.1 Å². The minimum atomic E-state index is -0.902. The van der Waals surface area contributed by atoms with Crippen molar-refractivity contribution in [1.29, 1.82) is 0 Å². The highest BCUT2D eigenvalue weighted by Crippen LogP contribution is 2.20. The van der Waals surface area contributed by atoms with Gasteiger partial charge in [-0.15, -0.1) is 0 Å². The van der Waals surface area contributed by atoms with Crippen molar-refractivity contribution in [1.82, 2.24) is 15.1 Å². The average Bonchev–Trinajstić information content (AvgIpc) is 3.11. The molecule has 0 bridgehead atoms. The summed E-state index contributed by atoms with van der Waals surface area (Å²) in [4.78, 5) is 37.3. The number of rotatable bonds is 9. The first-order valence-corrected chi connectivity index (χ1v) is 11.0. The molecule has 3 rings (SSSR count). The Kier molecular flexibility index (Phi) is 8.43. The van der Waals surface area contributed by atoms with Crippen molar-refractivity contribution in [2.45, 2.75) is 32.9 Å². The molecule has 178 valence electrons. The molecule has 0 fully saturated rings. The number of amides is 1. The van der Waals surface area contributed by atoms with Crippen LogP contribution in [0.3, 0.4) is 0 Å². The van der Waals surface area contributed by atoms with Gasteiger partial charge in [0.05, 0.1) is 25.0 Å². The molecule has 3 aromatic rings. The maximum absolute atomic E-state index is 12.7. The molecule has 0 aliphatic carbocycles. The van der Waals surface area contributed by atoms with Gasteiger partial charge < -0.3 is 14.8 Å². The Morgan fingerprint density at radius 1 is 1.06 bits per heavy atom. The van der Waals surface area contributed by atoms with Crippen LogP contribution in [0.25, 0.3) is 0 Å². The van der Waals surface area contributed by atoms with Crippen molar-refractivity contribution < 1.29 is 23.9 Å². The molecule has 1 heterocycles. The van der Waals surface area contributed by atoms with Crippen LogP contribution in [0.15, 0.2) is 54.6 Å². The highest BCUT2D eigenvalue weighted by molar-refractivity contribution is 6.31. The first-order valence-electron chi connectivity index (χ1n) is 10.7. The van der Waals surface area contributed by atoms with Gasteiger partial charge in [0.25, 0.3) is 5.91 Å². The van der Waals surface area contributed by atoms with Gasteiger partial charge >= 0.3 is 11.9 Å². The highest BCUT2D eigenvalue weighted by Gasteiger charge is 2.24. The molecule has 0 aliphatic heterocycles. The Morgan fingerprint density at radius 3 is 2.41 bits per heavy atom. The van der Waals surface area contributed by atoms with Crippen LogP contribution in [0, 0.1) is 13.8 Å². The van der Waals surface area contributed by atoms with E-state index in [0.29, 0.717) is 23.0 Å². The van der Waals surface area contributed by atoms with Gasteiger partial charge in [0, 0.05) is 11.4 Å². The van der Waals surface area contributed by atoms with E-state index in [4.69, 9.17) is 21.1 Å². The van der Waals surface area contributed by atoms with Crippen LogP contribution in [-0.4, -0.2) is 47.4 Å². The summed E-state index contributed by atoms with van der Waals surface area (Å²) in [6.07, 6.45) is 0.250. The Balaban J connectivity index is 1.63. The Bertz CT molecular complexity index is 1180. The topological polar surface area (TPSA) is 99.5 Å². The van der Waals surface area contributed by atoms with Gasteiger partial charge in [0.15, 0.2) is 6.61 Å². The zero-order valence-corrected chi connectivity index (χ0v) is 20.0. The number of nitrogens with one attached hydrogen (secondary N) is 1. The number of hydrogen-bond donors (Lipinski definition) is 1. The molecule has 0 spiro atoms. The number of hydrogen-bond acceptors (Lipinski definition) is 6. The Labute approximate surface area is 202 Å². The third kappa shape index (κ3) is 6.23. The lowest BCUT2D eigenvalue weighted by Gasteiger charge is -2.16. The lowest BCUT2D eigenvalue weighted by molar-refractivity contribution is -0.145. The van der Waals surface area contributed by atoms with Crippen molar-refractivity contribution in [3.05, 3.63) is 87.7 Å². The molecule has 8 nitrogen and oxygen atoms in total. The van der Waals surface area contributed by atoms with Gasteiger partial charge in [-0.25, -0.2) is 9.59 Å². The summed E-state index contributed by atoms with van der Waals surface area (Å²) in [5.41, 5.74) is 3.08. The fourth-order valence-corrected chi connectivity index (χ4v) is 3.75. The molecule has 1 atom stereocenters. The number of benzene rings is 2. The van der Waals surface area contributed by atoms with E-state index in [1.165, 1.54) is 7.11 Å². The van der Waals surface area contributed by atoms with Crippen molar-refractivity contribution in [2.75, 3.05) is 13.7 Å². The Hall–Kier alpha value is -3.65. The van der Waals surface area contributed by atoms with Gasteiger partial charge in [0.2, 0.25) is 0 Å². The lowest BCUT2D eigenvalue weighted by Crippen LogP contribution is -2.44. The zero-order valence-electron chi connectivity index (χ0n) is 19.2. The molecule has 34 heavy (non-hydrogen) atoms. The number of esters is 2. The van der Waals surface area contributed by atoms with Crippen LogP contribution in [-0.2, 0) is 32.0 Å². The second kappa shape index (κ2) is 11.5. The summed E-state index contributed by atoms with van der Waals surface area (Å²) in [6, 6.07) is 15.7. The smallest absolute Gasteiger partial charge is 0.342 e. The molecular formula is C25H26ClN3O5. The third-order valence-corrected chi connectivity index (χ3v) is 5.67. The number of methoxy groups -OCH3 is 1. The molecule has 2 aromatic carbocycles.